The molecule has 0 bridgehead atoms. The van der Waals surface area contributed by atoms with Crippen LogP contribution < -0.4 is 9.64 Å². The highest BCUT2D eigenvalue weighted by Crippen LogP contribution is 2.46. The van der Waals surface area contributed by atoms with E-state index in [2.05, 4.69) is 17.5 Å². The molecule has 3 aromatic carbocycles. The summed E-state index contributed by atoms with van der Waals surface area (Å²) >= 11 is 13.7. The Labute approximate surface area is 269 Å². The topological polar surface area (TPSA) is 72.7 Å². The van der Waals surface area contributed by atoms with Crippen LogP contribution in [0.15, 0.2) is 60.9 Å². The van der Waals surface area contributed by atoms with Gasteiger partial charge in [-0.25, -0.2) is 13.8 Å². The number of amides is 1. The predicted octanol–water partition coefficient (Wildman–Crippen LogP) is 6.93. The van der Waals surface area contributed by atoms with Crippen LogP contribution in [0.4, 0.5) is 14.5 Å². The smallest absolute Gasteiger partial charge is 0.282 e. The molecule has 7 rings (SSSR count). The van der Waals surface area contributed by atoms with Gasteiger partial charge in [0.05, 0.1) is 23.3 Å². The lowest BCUT2D eigenvalue weighted by molar-refractivity contribution is -0.130. The number of nitriles is 1. The average molecular weight is 649 g/mol. The standard InChI is InChI=1S/C34H29Cl2F2N5O2/c1-18(37)34(44)42-10-9-29-30(42)16-43(29)32-24-12-27(36)23(22-7-3-5-19-6-4-8-26(35)31(19)22)13-28(24)40-33(25(32)14-39)45-17-21-11-20(38)15-41(21)2/h3-8,12-13,20-21,29-30H,1,9-11,15-17H2,2H3/t20-,21+,29-,30-/m1/s1. The van der Waals surface area contributed by atoms with Gasteiger partial charge < -0.3 is 14.5 Å². The molecule has 0 unspecified atom stereocenters. The Balaban J connectivity index is 1.36. The fourth-order valence-corrected chi connectivity index (χ4v) is 7.69. The fraction of sp³-hybridized carbons (Fsp3) is 0.324. The molecule has 0 aliphatic carbocycles. The first-order chi connectivity index (χ1) is 21.7. The Morgan fingerprint density at radius 3 is 2.62 bits per heavy atom. The largest absolute Gasteiger partial charge is 0.475 e. The number of nitrogens with zero attached hydrogens (tertiary/aromatic N) is 5. The minimum absolute atomic E-state index is 0.137. The number of benzene rings is 3. The Hall–Kier alpha value is -3.97. The third-order valence-electron chi connectivity index (χ3n) is 9.39. The summed E-state index contributed by atoms with van der Waals surface area (Å²) in [6.45, 7) is 4.44. The maximum atomic E-state index is 14.1. The Kier molecular flexibility index (Phi) is 7.55. The molecule has 3 fully saturated rings. The highest BCUT2D eigenvalue weighted by atomic mass is 35.5. The van der Waals surface area contributed by atoms with Gasteiger partial charge in [0.2, 0.25) is 5.88 Å². The number of pyridine rings is 1. The van der Waals surface area contributed by atoms with Gasteiger partial charge in [-0.3, -0.25) is 9.69 Å². The second-order valence-corrected chi connectivity index (χ2v) is 12.8. The molecule has 1 amide bonds. The van der Waals surface area contributed by atoms with E-state index in [1.54, 1.807) is 0 Å². The molecule has 230 valence electrons. The number of hydrogen-bond acceptors (Lipinski definition) is 6. The number of aromatic nitrogens is 1. The van der Waals surface area contributed by atoms with Crippen molar-refractivity contribution in [1.29, 1.82) is 5.26 Å². The quantitative estimate of drug-likeness (QED) is 0.211. The van der Waals surface area contributed by atoms with Crippen LogP contribution in [0.2, 0.25) is 10.0 Å². The van der Waals surface area contributed by atoms with Gasteiger partial charge in [-0.1, -0.05) is 60.1 Å². The number of ether oxygens (including phenoxy) is 1. The summed E-state index contributed by atoms with van der Waals surface area (Å²) in [4.78, 5) is 22.8. The van der Waals surface area contributed by atoms with Crippen molar-refractivity contribution in [1.82, 2.24) is 14.8 Å². The van der Waals surface area contributed by atoms with Crippen LogP contribution in [0.1, 0.15) is 18.4 Å². The number of anilines is 1. The SMILES string of the molecule is C=C(F)C(=O)N1CC[C@@H]2[C@H]1CN2c1c(C#N)c(OC[C@@H]2C[C@@H](F)CN2C)nc2cc(-c3cccc4cccc(Cl)c34)c(Cl)cc12. The Morgan fingerprint density at radius 2 is 1.91 bits per heavy atom. The summed E-state index contributed by atoms with van der Waals surface area (Å²) in [6, 6.07) is 17.1. The predicted molar refractivity (Wildman–Crippen MR) is 172 cm³/mol. The van der Waals surface area contributed by atoms with Crippen LogP contribution in [0.3, 0.4) is 0 Å². The van der Waals surface area contributed by atoms with Crippen molar-refractivity contribution >= 4 is 56.5 Å². The first-order valence-electron chi connectivity index (χ1n) is 14.8. The van der Waals surface area contributed by atoms with Crippen LogP contribution in [0.5, 0.6) is 5.88 Å². The van der Waals surface area contributed by atoms with Crippen molar-refractivity contribution in [3.8, 4) is 23.1 Å². The lowest BCUT2D eigenvalue weighted by Crippen LogP contribution is -2.63. The van der Waals surface area contributed by atoms with Gasteiger partial charge in [0.25, 0.3) is 5.91 Å². The second-order valence-electron chi connectivity index (χ2n) is 12.0. The minimum atomic E-state index is -0.989. The van der Waals surface area contributed by atoms with Gasteiger partial charge >= 0.3 is 0 Å². The van der Waals surface area contributed by atoms with Gasteiger partial charge in [-0.2, -0.15) is 5.26 Å². The summed E-state index contributed by atoms with van der Waals surface area (Å²) in [5.41, 5.74) is 2.93. The molecule has 7 nitrogen and oxygen atoms in total. The molecule has 0 radical (unpaired) electrons. The third kappa shape index (κ3) is 4.96. The van der Waals surface area contributed by atoms with E-state index in [1.807, 2.05) is 60.5 Å². The number of halogens is 4. The van der Waals surface area contributed by atoms with E-state index in [4.69, 9.17) is 32.9 Å². The number of likely N-dealkylation sites (tertiary alicyclic amines) is 2. The summed E-state index contributed by atoms with van der Waals surface area (Å²) in [5, 5.41) is 14.0. The van der Waals surface area contributed by atoms with Crippen LogP contribution >= 0.6 is 23.2 Å². The highest BCUT2D eigenvalue weighted by Gasteiger charge is 2.50. The number of carbonyl (C=O) groups is 1. The number of fused-ring (bicyclic) bond motifs is 3. The van der Waals surface area contributed by atoms with Crippen molar-refractivity contribution in [3.63, 3.8) is 0 Å². The number of hydrogen-bond donors (Lipinski definition) is 0. The second kappa shape index (κ2) is 11.4. The number of alkyl halides is 1. The first-order valence-corrected chi connectivity index (χ1v) is 15.6. The molecular weight excluding hydrogens is 619 g/mol. The molecule has 11 heteroatoms. The molecule has 0 saturated carbocycles. The van der Waals surface area contributed by atoms with E-state index < -0.39 is 17.9 Å². The lowest BCUT2D eigenvalue weighted by Gasteiger charge is -2.48. The van der Waals surface area contributed by atoms with Crippen LogP contribution in [0.25, 0.3) is 32.8 Å². The zero-order valence-electron chi connectivity index (χ0n) is 24.4. The van der Waals surface area contributed by atoms with Crippen molar-refractivity contribution in [2.75, 3.05) is 38.2 Å². The fourth-order valence-electron chi connectivity index (χ4n) is 7.14. The molecule has 3 aliphatic heterocycles. The van der Waals surface area contributed by atoms with Gasteiger partial charge in [0, 0.05) is 52.1 Å². The number of rotatable bonds is 6. The van der Waals surface area contributed by atoms with Crippen LogP contribution in [-0.2, 0) is 4.79 Å². The first kappa shape index (κ1) is 29.7. The van der Waals surface area contributed by atoms with Gasteiger partial charge in [-0.05, 0) is 49.0 Å². The molecule has 4 atom stereocenters. The maximum absolute atomic E-state index is 14.1. The zero-order valence-corrected chi connectivity index (χ0v) is 26.0. The van der Waals surface area contributed by atoms with Crippen molar-refractivity contribution in [2.45, 2.75) is 37.1 Å². The Bertz CT molecular complexity index is 1930. The number of carbonyl (C=O) groups excluding carboxylic acids is 1. The van der Waals surface area contributed by atoms with Gasteiger partial charge in [0.1, 0.15) is 24.4 Å². The minimum Gasteiger partial charge on any atom is -0.475 e. The monoisotopic (exact) mass is 647 g/mol. The van der Waals surface area contributed by atoms with E-state index in [0.29, 0.717) is 64.7 Å². The van der Waals surface area contributed by atoms with E-state index >= 15 is 0 Å². The van der Waals surface area contributed by atoms with Crippen LogP contribution in [-0.4, -0.2) is 78.3 Å². The van der Waals surface area contributed by atoms with Crippen molar-refractivity contribution < 1.29 is 18.3 Å². The highest BCUT2D eigenvalue weighted by molar-refractivity contribution is 6.38. The van der Waals surface area contributed by atoms with Gasteiger partial charge in [-0.15, -0.1) is 0 Å². The van der Waals surface area contributed by atoms with Crippen LogP contribution in [0, 0.1) is 11.3 Å². The summed E-state index contributed by atoms with van der Waals surface area (Å²) in [6.07, 6.45) is -0.0116. The molecule has 4 heterocycles. The van der Waals surface area contributed by atoms with E-state index in [1.165, 1.54) is 4.90 Å². The van der Waals surface area contributed by atoms with Crippen molar-refractivity contribution in [3.05, 3.63) is 76.5 Å². The molecule has 3 aliphatic rings. The average Bonchev–Trinajstić information content (AvgIpc) is 3.51. The maximum Gasteiger partial charge on any atom is 0.282 e. The molecule has 4 aromatic rings. The van der Waals surface area contributed by atoms with E-state index in [9.17, 15) is 18.8 Å². The van der Waals surface area contributed by atoms with E-state index in [0.717, 1.165) is 16.3 Å². The molecule has 3 saturated heterocycles. The molecule has 0 spiro atoms. The number of likely N-dealkylation sites (N-methyl/N-ethyl adjacent to an activating group) is 1. The normalized spacial score (nSPS) is 22.8. The summed E-state index contributed by atoms with van der Waals surface area (Å²) < 4.78 is 34.1. The summed E-state index contributed by atoms with van der Waals surface area (Å²) in [7, 11) is 1.85. The Morgan fingerprint density at radius 1 is 1.13 bits per heavy atom. The van der Waals surface area contributed by atoms with E-state index in [-0.39, 0.29) is 36.2 Å². The molecule has 1 aromatic heterocycles. The van der Waals surface area contributed by atoms with Crippen molar-refractivity contribution in [2.24, 2.45) is 0 Å². The molecule has 0 N–H and O–H groups in total. The van der Waals surface area contributed by atoms with Gasteiger partial charge in [0.15, 0.2) is 5.83 Å². The zero-order chi connectivity index (χ0) is 31.6. The molecular formula is C34H29Cl2F2N5O2. The third-order valence-corrected chi connectivity index (χ3v) is 10.0. The summed E-state index contributed by atoms with van der Waals surface area (Å²) in [5.74, 6) is -1.55. The molecule has 45 heavy (non-hydrogen) atoms. The lowest BCUT2D eigenvalue weighted by atomic mass is 9.92.